The van der Waals surface area contributed by atoms with Crippen LogP contribution in [0.3, 0.4) is 0 Å². The van der Waals surface area contributed by atoms with Gasteiger partial charge >= 0.3 is 11.9 Å². The predicted molar refractivity (Wildman–Crippen MR) is 136 cm³/mol. The number of ether oxygens (including phenoxy) is 3. The molecule has 0 radical (unpaired) electrons. The topological polar surface area (TPSA) is 61.8 Å². The van der Waals surface area contributed by atoms with Crippen LogP contribution < -0.4 is 0 Å². The normalized spacial score (nSPS) is 12.5. The third-order valence-corrected chi connectivity index (χ3v) is 4.46. The first-order valence-corrected chi connectivity index (χ1v) is 12.0. The van der Waals surface area contributed by atoms with Gasteiger partial charge in [-0.2, -0.15) is 0 Å². The Morgan fingerprint density at radius 1 is 0.758 bits per heavy atom. The van der Waals surface area contributed by atoms with Gasteiger partial charge in [-0.15, -0.1) is 13.2 Å². The van der Waals surface area contributed by atoms with Crippen molar-refractivity contribution >= 4 is 11.9 Å². The van der Waals surface area contributed by atoms with Crippen molar-refractivity contribution in [3.8, 4) is 0 Å². The van der Waals surface area contributed by atoms with E-state index in [2.05, 4.69) is 20.1 Å². The molecular formula is C28H42O5. The smallest absolute Gasteiger partial charge is 0.348 e. The zero-order valence-electron chi connectivity index (χ0n) is 20.3. The molecule has 0 rings (SSSR count). The first-order chi connectivity index (χ1) is 16.2. The van der Waals surface area contributed by atoms with E-state index in [1.165, 1.54) is 6.26 Å². The molecule has 1 atom stereocenters. The number of unbranched alkanes of at least 4 members (excludes halogenated alkanes) is 6. The third-order valence-electron chi connectivity index (χ3n) is 4.46. The molecule has 0 aliphatic rings. The molecule has 0 heterocycles. The minimum Gasteiger partial charge on any atom is -0.486 e. The average molecular weight is 459 g/mol. The molecule has 0 bridgehead atoms. The lowest BCUT2D eigenvalue weighted by molar-refractivity contribution is -0.159. The Balaban J connectivity index is 4.59. The number of hydrogen-bond donors (Lipinski definition) is 0. The standard InChI is InChI=1S/C28H42O5/c1-4-7-10-13-16-19-22-31-26(28(30)33-24-21-18-15-12-9-6-3)25-27(29)32-23-20-17-14-11-8-5-2/h5-6,13,16-22,26H,2-4,7-12,14-15,23-25H2,1H3. The van der Waals surface area contributed by atoms with E-state index < -0.39 is 18.0 Å². The monoisotopic (exact) mass is 458 g/mol. The van der Waals surface area contributed by atoms with Crippen molar-refractivity contribution in [1.82, 2.24) is 0 Å². The second kappa shape index (κ2) is 23.8. The van der Waals surface area contributed by atoms with Crippen molar-refractivity contribution < 1.29 is 23.8 Å². The maximum atomic E-state index is 12.4. The molecule has 33 heavy (non-hydrogen) atoms. The Labute approximate surface area is 200 Å². The Hall–Kier alpha value is -2.82. The van der Waals surface area contributed by atoms with Crippen LogP contribution in [0.4, 0.5) is 0 Å². The fourth-order valence-electron chi connectivity index (χ4n) is 2.58. The highest BCUT2D eigenvalue weighted by molar-refractivity contribution is 5.82. The quantitative estimate of drug-likeness (QED) is 0.0613. The molecule has 0 spiro atoms. The molecule has 0 aromatic heterocycles. The van der Waals surface area contributed by atoms with Crippen LogP contribution in [-0.2, 0) is 23.8 Å². The van der Waals surface area contributed by atoms with Gasteiger partial charge in [-0.05, 0) is 51.0 Å². The van der Waals surface area contributed by atoms with Gasteiger partial charge in [0.2, 0.25) is 6.10 Å². The summed E-state index contributed by atoms with van der Waals surface area (Å²) < 4.78 is 15.9. The van der Waals surface area contributed by atoms with Crippen molar-refractivity contribution in [3.05, 3.63) is 74.1 Å². The molecule has 0 saturated carbocycles. The summed E-state index contributed by atoms with van der Waals surface area (Å²) in [4.78, 5) is 24.6. The van der Waals surface area contributed by atoms with E-state index in [4.69, 9.17) is 14.2 Å². The summed E-state index contributed by atoms with van der Waals surface area (Å²) in [6.07, 6.45) is 26.0. The van der Waals surface area contributed by atoms with Crippen molar-refractivity contribution in [1.29, 1.82) is 0 Å². The summed E-state index contributed by atoms with van der Waals surface area (Å²) in [5, 5.41) is 0. The molecule has 0 saturated heterocycles. The summed E-state index contributed by atoms with van der Waals surface area (Å²) in [5.41, 5.74) is 0. The van der Waals surface area contributed by atoms with Crippen LogP contribution in [0.15, 0.2) is 74.1 Å². The SMILES string of the molecule is C=CCCCC=CCOC(=O)CC(OC=CC=CCCCC)C(=O)OCC=CCCCC=C. The molecule has 184 valence electrons. The lowest BCUT2D eigenvalue weighted by Gasteiger charge is -2.14. The van der Waals surface area contributed by atoms with E-state index in [-0.39, 0.29) is 19.6 Å². The van der Waals surface area contributed by atoms with Gasteiger partial charge in [0, 0.05) is 0 Å². The van der Waals surface area contributed by atoms with E-state index >= 15 is 0 Å². The first-order valence-electron chi connectivity index (χ1n) is 12.0. The van der Waals surface area contributed by atoms with E-state index in [1.54, 1.807) is 18.2 Å². The van der Waals surface area contributed by atoms with Crippen LogP contribution in [0.5, 0.6) is 0 Å². The van der Waals surface area contributed by atoms with Gasteiger partial charge in [-0.1, -0.05) is 68.4 Å². The number of allylic oxidation sites excluding steroid dienone is 7. The largest absolute Gasteiger partial charge is 0.486 e. The molecular weight excluding hydrogens is 416 g/mol. The molecule has 0 amide bonds. The van der Waals surface area contributed by atoms with Crippen LogP contribution in [0.1, 0.15) is 71.1 Å². The van der Waals surface area contributed by atoms with Gasteiger partial charge in [0.25, 0.3) is 0 Å². The van der Waals surface area contributed by atoms with Gasteiger partial charge in [0.1, 0.15) is 13.2 Å². The molecule has 5 nitrogen and oxygen atoms in total. The summed E-state index contributed by atoms with van der Waals surface area (Å²) >= 11 is 0. The predicted octanol–water partition coefficient (Wildman–Crippen LogP) is 6.93. The van der Waals surface area contributed by atoms with Gasteiger partial charge in [-0.25, -0.2) is 4.79 Å². The van der Waals surface area contributed by atoms with Crippen LogP contribution in [0.2, 0.25) is 0 Å². The summed E-state index contributed by atoms with van der Waals surface area (Å²) in [7, 11) is 0. The highest BCUT2D eigenvalue weighted by Crippen LogP contribution is 2.06. The minimum absolute atomic E-state index is 0.135. The fourth-order valence-corrected chi connectivity index (χ4v) is 2.58. The van der Waals surface area contributed by atoms with Crippen LogP contribution >= 0.6 is 0 Å². The van der Waals surface area contributed by atoms with Crippen LogP contribution in [-0.4, -0.2) is 31.3 Å². The van der Waals surface area contributed by atoms with Gasteiger partial charge in [0.15, 0.2) is 0 Å². The molecule has 0 N–H and O–H groups in total. The van der Waals surface area contributed by atoms with Gasteiger partial charge in [-0.3, -0.25) is 4.79 Å². The molecule has 0 aromatic rings. The van der Waals surface area contributed by atoms with Crippen LogP contribution in [0.25, 0.3) is 0 Å². The highest BCUT2D eigenvalue weighted by Gasteiger charge is 2.24. The molecule has 1 unspecified atom stereocenters. The van der Waals surface area contributed by atoms with Crippen molar-refractivity contribution in [2.24, 2.45) is 0 Å². The summed E-state index contributed by atoms with van der Waals surface area (Å²) in [6, 6.07) is 0. The molecule has 0 fully saturated rings. The van der Waals surface area contributed by atoms with E-state index in [0.29, 0.717) is 0 Å². The lowest BCUT2D eigenvalue weighted by Crippen LogP contribution is -2.28. The molecule has 0 aromatic carbocycles. The summed E-state index contributed by atoms with van der Waals surface area (Å²) in [5.74, 6) is -1.11. The minimum atomic E-state index is -1.05. The second-order valence-corrected chi connectivity index (χ2v) is 7.42. The Morgan fingerprint density at radius 3 is 1.97 bits per heavy atom. The molecule has 0 aliphatic carbocycles. The van der Waals surface area contributed by atoms with Crippen LogP contribution in [0, 0.1) is 0 Å². The van der Waals surface area contributed by atoms with E-state index in [1.807, 2.05) is 36.5 Å². The van der Waals surface area contributed by atoms with E-state index in [9.17, 15) is 9.59 Å². The zero-order chi connectivity index (χ0) is 24.4. The highest BCUT2D eigenvalue weighted by atomic mass is 16.6. The van der Waals surface area contributed by atoms with Crippen molar-refractivity contribution in [2.75, 3.05) is 13.2 Å². The first kappa shape index (κ1) is 30.2. The molecule has 0 aliphatic heterocycles. The third kappa shape index (κ3) is 20.8. The lowest BCUT2D eigenvalue weighted by atomic mass is 10.2. The molecule has 5 heteroatoms. The Kier molecular flexibility index (Phi) is 21.8. The fraction of sp³-hybridized carbons (Fsp3) is 0.500. The second-order valence-electron chi connectivity index (χ2n) is 7.42. The number of esters is 2. The van der Waals surface area contributed by atoms with Gasteiger partial charge in [0.05, 0.1) is 12.7 Å². The maximum absolute atomic E-state index is 12.4. The Bertz CT molecular complexity index is 643. The van der Waals surface area contributed by atoms with Gasteiger partial charge < -0.3 is 14.2 Å². The zero-order valence-corrected chi connectivity index (χ0v) is 20.3. The van der Waals surface area contributed by atoms with Crippen molar-refractivity contribution in [3.63, 3.8) is 0 Å². The summed E-state index contributed by atoms with van der Waals surface area (Å²) in [6.45, 7) is 9.80. The Morgan fingerprint density at radius 2 is 1.36 bits per heavy atom. The maximum Gasteiger partial charge on any atom is 0.348 e. The average Bonchev–Trinajstić information content (AvgIpc) is 2.81. The number of rotatable bonds is 21. The number of carbonyl (C=O) groups excluding carboxylic acids is 2. The number of hydrogen-bond acceptors (Lipinski definition) is 5. The number of carbonyl (C=O) groups is 2. The van der Waals surface area contributed by atoms with E-state index in [0.717, 1.165) is 57.8 Å². The van der Waals surface area contributed by atoms with Crippen molar-refractivity contribution in [2.45, 2.75) is 77.2 Å².